The average molecular weight is 1540 g/mol. The Morgan fingerprint density at radius 2 is 0.672 bits per heavy atom. The highest BCUT2D eigenvalue weighted by Gasteiger charge is 2.31. The second kappa shape index (κ2) is 31.4. The Bertz CT molecular complexity index is 7060. The molecule has 16 aromatic rings. The van der Waals surface area contributed by atoms with Crippen molar-refractivity contribution in [3.8, 4) is 51.1 Å². The molecule has 12 nitrogen and oxygen atoms in total. The molecule has 0 radical (unpaired) electrons. The van der Waals surface area contributed by atoms with E-state index >= 15 is 0 Å². The predicted octanol–water partition coefficient (Wildman–Crippen LogP) is 26.7. The fraction of sp³-hybridized carbons (Fsp3) is 0.308. The number of fused-ring (bicyclic) bond motifs is 12. The highest BCUT2D eigenvalue weighted by atomic mass is 16.3. The number of aryl methyl sites for hydroxylation is 8. The summed E-state index contributed by atoms with van der Waals surface area (Å²) < 4.78 is 104. The van der Waals surface area contributed by atoms with Gasteiger partial charge in [0.1, 0.15) is 72.9 Å². The van der Waals surface area contributed by atoms with E-state index in [9.17, 15) is 5.26 Å². The highest BCUT2D eigenvalue weighted by Crippen LogP contribution is 2.45. The topological polar surface area (TPSA) is 105 Å². The lowest BCUT2D eigenvalue weighted by atomic mass is 9.87. The van der Waals surface area contributed by atoms with Crippen LogP contribution in [0.4, 0.5) is 17.1 Å². The molecule has 584 valence electrons. The van der Waals surface area contributed by atoms with Gasteiger partial charge in [0.2, 0.25) is 28.5 Å². The van der Waals surface area contributed by atoms with Crippen molar-refractivity contribution in [1.82, 2.24) is 0 Å². The fourth-order valence-electron chi connectivity index (χ4n) is 15.6. The maximum absolute atomic E-state index is 9.60. The molecule has 12 heteroatoms. The van der Waals surface area contributed by atoms with Gasteiger partial charge in [-0.05, 0) is 150 Å². The summed E-state index contributed by atoms with van der Waals surface area (Å²) in [6, 6.07) is 56.4. The first-order chi connectivity index (χ1) is 57.8. The molecule has 8 aromatic carbocycles. The quantitative estimate of drug-likeness (QED) is 0.111. The molecule has 0 unspecified atom stereocenters. The number of pyridine rings is 4. The molecule has 0 aliphatic heterocycles. The summed E-state index contributed by atoms with van der Waals surface area (Å²) in [6.45, 7) is 61.4. The van der Waals surface area contributed by atoms with Gasteiger partial charge in [-0.25, -0.2) is 14.5 Å². The number of benzene rings is 8. The Morgan fingerprint density at radius 3 is 1.08 bits per heavy atom. The lowest BCUT2D eigenvalue weighted by Crippen LogP contribution is -2.35. The number of aromatic nitrogens is 4. The van der Waals surface area contributed by atoms with E-state index in [1.807, 2.05) is 288 Å². The predicted molar refractivity (Wildman–Crippen MR) is 475 cm³/mol. The first-order valence-electron chi connectivity index (χ1n) is 43.3. The van der Waals surface area contributed by atoms with Crippen LogP contribution in [-0.4, -0.2) is 0 Å². The van der Waals surface area contributed by atoms with Crippen LogP contribution in [0, 0.1) is 108 Å². The largest absolute Gasteiger partial charge is 0.466 e. The minimum Gasteiger partial charge on any atom is -0.466 e. The van der Waals surface area contributed by atoms with E-state index in [4.69, 9.17) is 48.4 Å². The number of nitriles is 1. The van der Waals surface area contributed by atoms with E-state index < -0.39 is 47.2 Å². The third-order valence-electron chi connectivity index (χ3n) is 21.2. The van der Waals surface area contributed by atoms with Gasteiger partial charge in [-0.1, -0.05) is 174 Å². The monoisotopic (exact) mass is 1540 g/mol. The van der Waals surface area contributed by atoms with E-state index in [1.165, 1.54) is 0 Å². The Hall–Kier alpha value is -12.5. The Morgan fingerprint density at radius 1 is 0.336 bits per heavy atom. The zero-order valence-corrected chi connectivity index (χ0v) is 71.4. The molecule has 0 N–H and O–H groups in total. The van der Waals surface area contributed by atoms with Crippen LogP contribution in [0.2, 0.25) is 0 Å². The second-order valence-electron chi connectivity index (χ2n) is 34.9. The third-order valence-corrected chi connectivity index (χ3v) is 21.2. The first-order valence-corrected chi connectivity index (χ1v) is 39.3. The van der Waals surface area contributed by atoms with Gasteiger partial charge in [-0.3, -0.25) is 0 Å². The molecular formula is C104H108N8O4+4. The smallest absolute Gasteiger partial charge is 0.229 e. The zero-order chi connectivity index (χ0) is 90.9. The van der Waals surface area contributed by atoms with E-state index in [-0.39, 0.29) is 0 Å². The number of hydrogen-bond donors (Lipinski definition) is 0. The van der Waals surface area contributed by atoms with E-state index in [2.05, 4.69) is 63.1 Å². The molecule has 0 amide bonds. The van der Waals surface area contributed by atoms with Crippen LogP contribution in [0.3, 0.4) is 0 Å². The number of rotatable bonds is 8. The molecule has 0 aliphatic rings. The molecule has 16 rings (SSSR count). The van der Waals surface area contributed by atoms with Gasteiger partial charge in [0.05, 0.1) is 53.6 Å². The molecule has 0 saturated heterocycles. The van der Waals surface area contributed by atoms with Gasteiger partial charge in [0.25, 0.3) is 0 Å². The van der Waals surface area contributed by atoms with Crippen molar-refractivity contribution in [3.63, 3.8) is 0 Å². The van der Waals surface area contributed by atoms with Crippen molar-refractivity contribution < 1.29 is 46.9 Å². The number of nitrogens with zero attached hydrogens (tertiary/aromatic N) is 8. The normalized spacial score (nSPS) is 13.4. The average Bonchev–Trinajstić information content (AvgIpc) is 1.53. The summed E-state index contributed by atoms with van der Waals surface area (Å²) >= 11 is 0. The van der Waals surface area contributed by atoms with Crippen molar-refractivity contribution >= 4 is 105 Å². The van der Waals surface area contributed by atoms with Crippen LogP contribution < -0.4 is 18.3 Å². The standard InChI is InChI=1S/4C26H27N2O/c1-16-8-10-21-20-11-9-19(27-6)14-23(20)29-25(21)24(16)22-13-18(15-26(3,4)5)12-17(2)28(22)7;1-16-8-10-20-21-14-19(27-6)9-11-23(21)29-25(20)24(16)22-13-18(15-26(3,4)5)12-17(2)28(22)7;1-16-11-12-20-19-9-8-10-21(27-6)24(19)29-25(20)23(16)22-14-18(15-26(3,4)5)13-17(2)28(22)7;1-16-10-11-20-24-19(15-27)8-7-9-22(24)29-25(20)23(16)21-13-18(14-26(3,4)5)12-17(2)28(21)6/h3*8-14H,15H2,1-5,7H3;7-13H,14H2,1-6H3/q4*+1/i3*15D2;14D2. The SMILES string of the molecule is [2H]C([2H])(c1cc(C)[n+](C)c(-c2c(C)ccc3c2oc2c([N+]#[C-])cccc23)c1)C(C)(C)C.[2H]C([2H])(c1cc(C)[n+](C)c(-c2c(C)ccc3c2oc2cc([N+]#[C-])ccc23)c1)C(C)(C)C.[2H]C([2H])(c1cc(C)[n+](C)c(-c2c(C)ccc3c2oc2ccc([N+]#[C-])cc23)c1)C(C)(C)C.[2H]C([2H])(c1cc(C)[n+](C)c(-c2c(C)ccc3c2oc2cccc(C#N)c23)c1)C(C)(C)C. The molecule has 8 aromatic heterocycles. The highest BCUT2D eigenvalue weighted by molar-refractivity contribution is 6.15. The molecule has 0 fully saturated rings. The van der Waals surface area contributed by atoms with Crippen molar-refractivity contribution in [2.45, 2.75) is 164 Å². The summed E-state index contributed by atoms with van der Waals surface area (Å²) in [6.07, 6.45) is -6.01. The summed E-state index contributed by atoms with van der Waals surface area (Å²) in [7, 11) is 7.98. The third kappa shape index (κ3) is 16.5. The van der Waals surface area contributed by atoms with Crippen molar-refractivity contribution in [2.75, 3.05) is 0 Å². The van der Waals surface area contributed by atoms with Crippen LogP contribution in [0.25, 0.3) is 147 Å². The molecule has 0 spiro atoms. The lowest BCUT2D eigenvalue weighted by molar-refractivity contribution is -0.666. The summed E-state index contributed by atoms with van der Waals surface area (Å²) in [4.78, 5) is 10.7. The Kier molecular flexibility index (Phi) is 19.3. The first kappa shape index (κ1) is 71.3. The van der Waals surface area contributed by atoms with Gasteiger partial charge < -0.3 is 17.7 Å². The maximum Gasteiger partial charge on any atom is 0.229 e. The summed E-state index contributed by atoms with van der Waals surface area (Å²) in [5, 5.41) is 17.1. The number of para-hydroxylation sites is 1. The van der Waals surface area contributed by atoms with Gasteiger partial charge in [-0.2, -0.15) is 23.5 Å². The van der Waals surface area contributed by atoms with Crippen molar-refractivity contribution in [1.29, 1.82) is 5.26 Å². The lowest BCUT2D eigenvalue weighted by Gasteiger charge is -2.18. The van der Waals surface area contributed by atoms with E-state index in [1.54, 1.807) is 24.3 Å². The maximum atomic E-state index is 9.60. The molecule has 0 bridgehead atoms. The molecule has 0 atom stereocenters. The summed E-state index contributed by atoms with van der Waals surface area (Å²) in [5.41, 5.74) is 23.8. The minimum absolute atomic E-state index is 0.496. The van der Waals surface area contributed by atoms with Crippen molar-refractivity contribution in [3.05, 3.63) is 277 Å². The van der Waals surface area contributed by atoms with Crippen LogP contribution in [0.1, 0.15) is 167 Å². The van der Waals surface area contributed by atoms with E-state index in [0.29, 0.717) is 61.6 Å². The van der Waals surface area contributed by atoms with E-state index in [0.717, 1.165) is 161 Å². The number of hydrogen-bond acceptors (Lipinski definition) is 5. The second-order valence-corrected chi connectivity index (χ2v) is 34.9. The molecule has 8 heterocycles. The van der Waals surface area contributed by atoms with Gasteiger partial charge in [-0.15, -0.1) is 0 Å². The molecule has 0 saturated carbocycles. The molecule has 116 heavy (non-hydrogen) atoms. The van der Waals surface area contributed by atoms with Crippen LogP contribution >= 0.6 is 0 Å². The zero-order valence-electron chi connectivity index (χ0n) is 79.4. The fourth-order valence-corrected chi connectivity index (χ4v) is 15.6. The Balaban J connectivity index is 0.000000142. The molecular weight excluding hydrogens is 1430 g/mol. The van der Waals surface area contributed by atoms with Gasteiger partial charge in [0, 0.05) is 130 Å². The van der Waals surface area contributed by atoms with Crippen LogP contribution in [-0.2, 0) is 53.7 Å². The van der Waals surface area contributed by atoms with Gasteiger partial charge >= 0.3 is 0 Å². The number of furan rings is 4. The van der Waals surface area contributed by atoms with Crippen LogP contribution in [0.5, 0.6) is 0 Å². The van der Waals surface area contributed by atoms with Crippen molar-refractivity contribution in [2.24, 2.45) is 49.9 Å². The Labute approximate surface area is 695 Å². The summed E-state index contributed by atoms with van der Waals surface area (Å²) in [5.74, 6) is 0. The minimum atomic E-state index is -1.51. The molecule has 0 aliphatic carbocycles. The van der Waals surface area contributed by atoms with Crippen LogP contribution in [0.15, 0.2) is 188 Å². The van der Waals surface area contributed by atoms with Gasteiger partial charge in [0.15, 0.2) is 34.2 Å².